The average molecular weight is 354 g/mol. The molecule has 0 aromatic heterocycles. The molecule has 2 rings (SSSR count). The van der Waals surface area contributed by atoms with Gasteiger partial charge in [-0.2, -0.15) is 0 Å². The van der Waals surface area contributed by atoms with Gasteiger partial charge >= 0.3 is 0 Å². The largest absolute Gasteiger partial charge is 0.623 e. The van der Waals surface area contributed by atoms with Gasteiger partial charge in [0.25, 0.3) is 5.69 Å². The third-order valence-electron chi connectivity index (χ3n) is 3.75. The van der Waals surface area contributed by atoms with Gasteiger partial charge in [-0.1, -0.05) is 24.3 Å². The Balaban J connectivity index is 2.20. The summed E-state index contributed by atoms with van der Waals surface area (Å²) in [6, 6.07) is 12.0. The number of ether oxygens (including phenoxy) is 1. The number of rotatable bonds is 5. The average Bonchev–Trinajstić information content (AvgIpc) is 2.60. The Bertz CT molecular complexity index is 847. The van der Waals surface area contributed by atoms with E-state index in [0.29, 0.717) is 5.75 Å². The van der Waals surface area contributed by atoms with Crippen LogP contribution in [0.3, 0.4) is 0 Å². The molecule has 0 aliphatic heterocycles. The van der Waals surface area contributed by atoms with Crippen molar-refractivity contribution in [1.82, 2.24) is 0 Å². The zero-order chi connectivity index (χ0) is 19.3. The summed E-state index contributed by atoms with van der Waals surface area (Å²) in [5, 5.41) is 22.8. The highest BCUT2D eigenvalue weighted by Gasteiger charge is 2.17. The number of hydrogen-bond acceptors (Lipinski definition) is 4. The lowest BCUT2D eigenvalue weighted by atomic mass is 10.1. The van der Waals surface area contributed by atoms with Crippen LogP contribution in [0.2, 0.25) is 0 Å². The molecule has 6 nitrogen and oxygen atoms in total. The van der Waals surface area contributed by atoms with Gasteiger partial charge in [0.1, 0.15) is 5.75 Å². The minimum absolute atomic E-state index is 0.0140. The maximum Gasteiger partial charge on any atom is 0.273 e. The number of hydroxylamine groups is 1. The van der Waals surface area contributed by atoms with E-state index in [-0.39, 0.29) is 5.69 Å². The molecule has 0 unspecified atom stereocenters. The summed E-state index contributed by atoms with van der Waals surface area (Å²) >= 11 is 0. The zero-order valence-electron chi connectivity index (χ0n) is 15.3. The molecule has 136 valence electrons. The molecular weight excluding hydrogens is 332 g/mol. The maximum absolute atomic E-state index is 12.0. The van der Waals surface area contributed by atoms with Gasteiger partial charge in [0, 0.05) is 38.0 Å². The van der Waals surface area contributed by atoms with E-state index in [1.54, 1.807) is 12.3 Å². The number of nitro groups is 1. The minimum Gasteiger partial charge on any atom is -0.623 e. The predicted octanol–water partition coefficient (Wildman–Crippen LogP) is 4.50. The molecule has 0 N–H and O–H groups in total. The summed E-state index contributed by atoms with van der Waals surface area (Å²) < 4.78 is 6.15. The fourth-order valence-corrected chi connectivity index (χ4v) is 2.16. The zero-order valence-corrected chi connectivity index (χ0v) is 15.3. The normalized spacial score (nSPS) is 12.4. The Labute approximate surface area is 152 Å². The molecule has 0 saturated heterocycles. The Hall–Kier alpha value is -3.15. The quantitative estimate of drug-likeness (QED) is 0.198. The first kappa shape index (κ1) is 19.2. The van der Waals surface area contributed by atoms with Crippen LogP contribution in [-0.2, 0) is 0 Å². The third-order valence-corrected chi connectivity index (χ3v) is 3.75. The summed E-state index contributed by atoms with van der Waals surface area (Å²) in [6.45, 7) is 5.56. The van der Waals surface area contributed by atoms with Crippen molar-refractivity contribution in [3.63, 3.8) is 0 Å². The van der Waals surface area contributed by atoms with E-state index < -0.39 is 10.5 Å². The summed E-state index contributed by atoms with van der Waals surface area (Å²) in [7, 11) is 1.48. The van der Waals surface area contributed by atoms with Crippen molar-refractivity contribution in [2.45, 2.75) is 26.3 Å². The molecule has 2 aromatic rings. The first-order valence-corrected chi connectivity index (χ1v) is 8.12. The van der Waals surface area contributed by atoms with E-state index in [0.717, 1.165) is 21.4 Å². The second-order valence-electron chi connectivity index (χ2n) is 6.81. The van der Waals surface area contributed by atoms with Crippen molar-refractivity contribution in [2.24, 2.45) is 0 Å². The number of nitro benzene ring substituents is 1. The van der Waals surface area contributed by atoms with Crippen LogP contribution in [0.4, 0.5) is 5.69 Å². The van der Waals surface area contributed by atoms with Crippen molar-refractivity contribution >= 4 is 24.1 Å². The van der Waals surface area contributed by atoms with E-state index in [1.165, 1.54) is 19.2 Å². The molecular formula is C20H22N2O4. The topological polar surface area (TPSA) is 78.4 Å². The van der Waals surface area contributed by atoms with Crippen LogP contribution < -0.4 is 4.74 Å². The van der Waals surface area contributed by atoms with Crippen molar-refractivity contribution in [1.29, 1.82) is 0 Å². The summed E-state index contributed by atoms with van der Waals surface area (Å²) in [5.41, 5.74) is 2.01. The highest BCUT2D eigenvalue weighted by Crippen LogP contribution is 2.26. The van der Waals surface area contributed by atoms with Gasteiger partial charge in [-0.3, -0.25) is 10.1 Å². The Morgan fingerprint density at radius 1 is 0.962 bits per heavy atom. The van der Waals surface area contributed by atoms with Gasteiger partial charge in [-0.25, -0.2) is 4.74 Å². The van der Waals surface area contributed by atoms with Gasteiger partial charge in [0.15, 0.2) is 11.8 Å². The number of benzene rings is 2. The van der Waals surface area contributed by atoms with Crippen LogP contribution >= 0.6 is 0 Å². The number of methoxy groups -OCH3 is 1. The Morgan fingerprint density at radius 2 is 1.58 bits per heavy atom. The third kappa shape index (κ3) is 4.92. The molecule has 0 saturated carbocycles. The summed E-state index contributed by atoms with van der Waals surface area (Å²) in [6.07, 6.45) is 5.27. The van der Waals surface area contributed by atoms with Gasteiger partial charge in [0.05, 0.1) is 18.1 Å². The van der Waals surface area contributed by atoms with Crippen LogP contribution in [0.25, 0.3) is 12.2 Å². The molecule has 26 heavy (non-hydrogen) atoms. The van der Waals surface area contributed by atoms with Crippen molar-refractivity contribution in [2.75, 3.05) is 7.11 Å². The van der Waals surface area contributed by atoms with Crippen LogP contribution in [0, 0.1) is 15.3 Å². The van der Waals surface area contributed by atoms with Crippen LogP contribution in [0.5, 0.6) is 5.75 Å². The van der Waals surface area contributed by atoms with Gasteiger partial charge in [-0.15, -0.1) is 0 Å². The number of hydrogen-bond donors (Lipinski definition) is 0. The highest BCUT2D eigenvalue weighted by molar-refractivity contribution is 5.78. The molecule has 0 aliphatic rings. The maximum atomic E-state index is 12.0. The Morgan fingerprint density at radius 3 is 2.12 bits per heavy atom. The highest BCUT2D eigenvalue weighted by atomic mass is 16.6. The smallest absolute Gasteiger partial charge is 0.273 e. The molecule has 0 fully saturated rings. The van der Waals surface area contributed by atoms with E-state index in [4.69, 9.17) is 4.74 Å². The molecule has 2 aromatic carbocycles. The van der Waals surface area contributed by atoms with E-state index in [2.05, 4.69) is 0 Å². The monoisotopic (exact) mass is 354 g/mol. The SMILES string of the molecule is COc1cc([N+](=O)[O-])ccc1/C=C/c1ccc(/C=[N+](\[O-])C(C)(C)C)cc1. The number of non-ortho nitro benzene ring substituents is 1. The molecule has 0 spiro atoms. The van der Waals surface area contributed by atoms with Crippen molar-refractivity contribution in [3.05, 3.63) is 74.5 Å². The second kappa shape index (κ2) is 7.82. The standard InChI is InChI=1S/C20H22N2O4/c1-20(2,3)21(23)14-16-7-5-15(6-8-16)9-10-17-11-12-18(22(24)25)13-19(17)26-4/h5-14H,1-4H3/b10-9+,21-14-. The van der Waals surface area contributed by atoms with Crippen LogP contribution in [-0.4, -0.2) is 28.5 Å². The molecule has 0 heterocycles. The first-order chi connectivity index (χ1) is 12.2. The number of nitrogens with zero attached hydrogens (tertiary/aromatic N) is 2. The van der Waals surface area contributed by atoms with Gasteiger partial charge < -0.3 is 9.94 Å². The Kier molecular flexibility index (Phi) is 5.77. The first-order valence-electron chi connectivity index (χ1n) is 8.12. The van der Waals surface area contributed by atoms with E-state index in [1.807, 2.05) is 57.2 Å². The van der Waals surface area contributed by atoms with E-state index >= 15 is 0 Å². The second-order valence-corrected chi connectivity index (χ2v) is 6.81. The van der Waals surface area contributed by atoms with Gasteiger partial charge in [0.2, 0.25) is 0 Å². The fourth-order valence-electron chi connectivity index (χ4n) is 2.16. The molecule has 0 radical (unpaired) electrons. The van der Waals surface area contributed by atoms with E-state index in [9.17, 15) is 15.3 Å². The van der Waals surface area contributed by atoms with Gasteiger partial charge in [-0.05, 0) is 23.8 Å². The fraction of sp³-hybridized carbons (Fsp3) is 0.250. The molecule has 6 heteroatoms. The van der Waals surface area contributed by atoms with Crippen LogP contribution in [0.1, 0.15) is 37.5 Å². The lowest BCUT2D eigenvalue weighted by molar-refractivity contribution is -0.530. The minimum atomic E-state index is -0.481. The molecule has 0 bridgehead atoms. The molecule has 0 aliphatic carbocycles. The molecule has 0 amide bonds. The molecule has 0 atom stereocenters. The van der Waals surface area contributed by atoms with Crippen molar-refractivity contribution in [3.8, 4) is 5.75 Å². The summed E-state index contributed by atoms with van der Waals surface area (Å²) in [5.74, 6) is 0.438. The predicted molar refractivity (Wildman–Crippen MR) is 104 cm³/mol. The summed E-state index contributed by atoms with van der Waals surface area (Å²) in [4.78, 5) is 10.4. The van der Waals surface area contributed by atoms with Crippen LogP contribution in [0.15, 0.2) is 42.5 Å². The van der Waals surface area contributed by atoms with Crippen molar-refractivity contribution < 1.29 is 14.4 Å². The lowest BCUT2D eigenvalue weighted by Crippen LogP contribution is -2.29. The lowest BCUT2D eigenvalue weighted by Gasteiger charge is -2.18.